The largest absolute Gasteiger partial charge is 0.497 e. The summed E-state index contributed by atoms with van der Waals surface area (Å²) >= 11 is 6.09. The number of anilines is 1. The molecule has 1 heterocycles. The van der Waals surface area contributed by atoms with Gasteiger partial charge in [0.25, 0.3) is 11.5 Å². The Morgan fingerprint density at radius 1 is 0.970 bits per heavy atom. The fraction of sp³-hybridized carbons (Fsp3) is 0.0800. The Balaban J connectivity index is 1.47. The van der Waals surface area contributed by atoms with Crippen LogP contribution in [0.4, 0.5) is 5.69 Å². The molecule has 0 aliphatic carbocycles. The van der Waals surface area contributed by atoms with Gasteiger partial charge in [-0.3, -0.25) is 9.59 Å². The van der Waals surface area contributed by atoms with Crippen LogP contribution in [-0.2, 0) is 6.61 Å². The number of aromatic nitrogens is 2. The number of nitrogens with zero attached hydrogens (tertiary/aromatic N) is 2. The summed E-state index contributed by atoms with van der Waals surface area (Å²) in [7, 11) is 1.61. The van der Waals surface area contributed by atoms with Gasteiger partial charge in [0.1, 0.15) is 12.4 Å². The van der Waals surface area contributed by atoms with E-state index in [0.717, 1.165) is 11.3 Å². The van der Waals surface area contributed by atoms with E-state index < -0.39 is 0 Å². The SMILES string of the molecule is COc1ccc(COc2ccc(=O)n(-c3ccc(C(=O)Nc4ccccc4Cl)cc3)n2)cc1. The Hall–Kier alpha value is -4.10. The Bertz CT molecular complexity index is 1320. The number of benzene rings is 3. The summed E-state index contributed by atoms with van der Waals surface area (Å²) in [5.74, 6) is 0.743. The van der Waals surface area contributed by atoms with Gasteiger partial charge in [-0.25, -0.2) is 0 Å². The second-order valence-corrected chi connectivity index (χ2v) is 7.45. The van der Waals surface area contributed by atoms with Crippen molar-refractivity contribution in [2.45, 2.75) is 6.61 Å². The molecular weight excluding hydrogens is 442 g/mol. The van der Waals surface area contributed by atoms with Gasteiger partial charge < -0.3 is 14.8 Å². The fourth-order valence-corrected chi connectivity index (χ4v) is 3.23. The van der Waals surface area contributed by atoms with Crippen molar-refractivity contribution < 1.29 is 14.3 Å². The summed E-state index contributed by atoms with van der Waals surface area (Å²) in [6.07, 6.45) is 0. The van der Waals surface area contributed by atoms with E-state index in [0.29, 0.717) is 27.8 Å². The Morgan fingerprint density at radius 3 is 2.39 bits per heavy atom. The molecule has 0 saturated carbocycles. The number of ether oxygens (including phenoxy) is 2. The molecule has 0 aliphatic rings. The first-order valence-corrected chi connectivity index (χ1v) is 10.4. The molecule has 8 heteroatoms. The summed E-state index contributed by atoms with van der Waals surface area (Å²) < 4.78 is 12.1. The van der Waals surface area contributed by atoms with E-state index >= 15 is 0 Å². The van der Waals surface area contributed by atoms with Crippen molar-refractivity contribution in [3.8, 4) is 17.3 Å². The first-order chi connectivity index (χ1) is 16.0. The van der Waals surface area contributed by atoms with Crippen LogP contribution in [-0.4, -0.2) is 22.8 Å². The summed E-state index contributed by atoms with van der Waals surface area (Å²) in [4.78, 5) is 24.9. The molecule has 0 aliphatic heterocycles. The van der Waals surface area contributed by atoms with Crippen molar-refractivity contribution in [1.29, 1.82) is 0 Å². The van der Waals surface area contributed by atoms with Crippen LogP contribution in [0.25, 0.3) is 5.69 Å². The molecule has 0 spiro atoms. The van der Waals surface area contributed by atoms with Crippen LogP contribution in [0.2, 0.25) is 5.02 Å². The highest BCUT2D eigenvalue weighted by Crippen LogP contribution is 2.21. The summed E-state index contributed by atoms with van der Waals surface area (Å²) in [6.45, 7) is 0.288. The van der Waals surface area contributed by atoms with Gasteiger partial charge in [-0.2, -0.15) is 4.68 Å². The lowest BCUT2D eigenvalue weighted by atomic mass is 10.2. The third-order valence-electron chi connectivity index (χ3n) is 4.82. The second kappa shape index (κ2) is 10.0. The first kappa shape index (κ1) is 22.1. The van der Waals surface area contributed by atoms with Crippen molar-refractivity contribution in [3.63, 3.8) is 0 Å². The molecule has 0 saturated heterocycles. The number of halogens is 1. The van der Waals surface area contributed by atoms with Gasteiger partial charge in [0.15, 0.2) is 0 Å². The zero-order valence-corrected chi connectivity index (χ0v) is 18.5. The molecule has 1 aromatic heterocycles. The number of nitrogens with one attached hydrogen (secondary N) is 1. The van der Waals surface area contributed by atoms with Gasteiger partial charge >= 0.3 is 0 Å². The number of hydrogen-bond donors (Lipinski definition) is 1. The van der Waals surface area contributed by atoms with Gasteiger partial charge in [-0.1, -0.05) is 35.9 Å². The number of carbonyl (C=O) groups is 1. The van der Waals surface area contributed by atoms with Crippen LogP contribution < -0.4 is 20.3 Å². The van der Waals surface area contributed by atoms with Crippen LogP contribution in [0.1, 0.15) is 15.9 Å². The minimum Gasteiger partial charge on any atom is -0.497 e. The number of para-hydroxylation sites is 1. The van der Waals surface area contributed by atoms with Gasteiger partial charge in [-0.05, 0) is 54.1 Å². The maximum Gasteiger partial charge on any atom is 0.271 e. The normalized spacial score (nSPS) is 10.5. The minimum absolute atomic E-state index is 0.288. The van der Waals surface area contributed by atoms with Gasteiger partial charge in [-0.15, -0.1) is 5.10 Å². The third-order valence-corrected chi connectivity index (χ3v) is 5.15. The zero-order chi connectivity index (χ0) is 23.2. The lowest BCUT2D eigenvalue weighted by Gasteiger charge is -2.10. The molecule has 1 amide bonds. The zero-order valence-electron chi connectivity index (χ0n) is 17.7. The lowest BCUT2D eigenvalue weighted by molar-refractivity contribution is 0.102. The minimum atomic E-state index is -0.319. The number of methoxy groups -OCH3 is 1. The topological polar surface area (TPSA) is 82.5 Å². The first-order valence-electron chi connectivity index (χ1n) is 10.1. The highest BCUT2D eigenvalue weighted by Gasteiger charge is 2.10. The molecule has 4 rings (SSSR count). The van der Waals surface area contributed by atoms with Crippen LogP contribution in [0, 0.1) is 0 Å². The molecule has 0 atom stereocenters. The van der Waals surface area contributed by atoms with Crippen LogP contribution >= 0.6 is 11.6 Å². The van der Waals surface area contributed by atoms with E-state index in [1.807, 2.05) is 24.3 Å². The molecule has 3 aromatic carbocycles. The maximum atomic E-state index is 12.5. The third kappa shape index (κ3) is 5.39. The van der Waals surface area contributed by atoms with E-state index in [2.05, 4.69) is 10.4 Å². The maximum absolute atomic E-state index is 12.5. The molecule has 0 radical (unpaired) electrons. The molecular formula is C25H20ClN3O4. The summed E-state index contributed by atoms with van der Waals surface area (Å²) in [6, 6.07) is 23.9. The molecule has 0 fully saturated rings. The average molecular weight is 462 g/mol. The molecule has 7 nitrogen and oxygen atoms in total. The predicted octanol–water partition coefficient (Wildman–Crippen LogP) is 4.73. The van der Waals surface area contributed by atoms with Crippen molar-refractivity contribution in [1.82, 2.24) is 9.78 Å². The van der Waals surface area contributed by atoms with Crippen molar-refractivity contribution in [2.75, 3.05) is 12.4 Å². The Kier molecular flexibility index (Phi) is 6.71. The highest BCUT2D eigenvalue weighted by molar-refractivity contribution is 6.33. The number of rotatable bonds is 7. The Morgan fingerprint density at radius 2 is 1.70 bits per heavy atom. The van der Waals surface area contributed by atoms with E-state index in [4.69, 9.17) is 21.1 Å². The summed E-state index contributed by atoms with van der Waals surface area (Å²) in [5, 5.41) is 7.50. The van der Waals surface area contributed by atoms with E-state index in [1.165, 1.54) is 16.8 Å². The highest BCUT2D eigenvalue weighted by atomic mass is 35.5. The van der Waals surface area contributed by atoms with Crippen molar-refractivity contribution in [2.24, 2.45) is 0 Å². The van der Waals surface area contributed by atoms with Crippen LogP contribution in [0.15, 0.2) is 89.7 Å². The van der Waals surface area contributed by atoms with Crippen molar-refractivity contribution in [3.05, 3.63) is 111 Å². The smallest absolute Gasteiger partial charge is 0.271 e. The van der Waals surface area contributed by atoms with E-state index in [9.17, 15) is 9.59 Å². The summed E-state index contributed by atoms with van der Waals surface area (Å²) in [5.41, 5.74) is 2.06. The number of carbonyl (C=O) groups excluding carboxylic acids is 1. The predicted molar refractivity (Wildman–Crippen MR) is 127 cm³/mol. The van der Waals surface area contributed by atoms with Gasteiger partial charge in [0.05, 0.1) is 23.5 Å². The molecule has 33 heavy (non-hydrogen) atoms. The van der Waals surface area contributed by atoms with E-state index in [1.54, 1.807) is 55.6 Å². The fourth-order valence-electron chi connectivity index (χ4n) is 3.05. The molecule has 4 aromatic rings. The monoisotopic (exact) mass is 461 g/mol. The van der Waals surface area contributed by atoms with Gasteiger partial charge in [0, 0.05) is 17.7 Å². The molecule has 166 valence electrons. The van der Waals surface area contributed by atoms with Crippen molar-refractivity contribution >= 4 is 23.2 Å². The molecule has 1 N–H and O–H groups in total. The Labute approximate surface area is 195 Å². The average Bonchev–Trinajstić information content (AvgIpc) is 2.85. The second-order valence-electron chi connectivity index (χ2n) is 7.04. The van der Waals surface area contributed by atoms with Crippen LogP contribution in [0.5, 0.6) is 11.6 Å². The van der Waals surface area contributed by atoms with Crippen LogP contribution in [0.3, 0.4) is 0 Å². The number of amides is 1. The molecule has 0 bridgehead atoms. The quantitative estimate of drug-likeness (QED) is 0.430. The standard InChI is InChI=1S/C25H20ClN3O4/c1-32-20-12-6-17(7-13-20)16-33-23-14-15-24(30)29(28-23)19-10-8-18(9-11-19)25(31)27-22-5-3-2-4-21(22)26/h2-15H,16H2,1H3,(H,27,31). The van der Waals surface area contributed by atoms with E-state index in [-0.39, 0.29) is 18.1 Å². The number of hydrogen-bond acceptors (Lipinski definition) is 5. The molecule has 0 unspecified atom stereocenters. The lowest BCUT2D eigenvalue weighted by Crippen LogP contribution is -2.20. The van der Waals surface area contributed by atoms with Gasteiger partial charge in [0.2, 0.25) is 5.88 Å².